The van der Waals surface area contributed by atoms with Gasteiger partial charge >= 0.3 is 0 Å². The highest BCUT2D eigenvalue weighted by Crippen LogP contribution is 2.38. The summed E-state index contributed by atoms with van der Waals surface area (Å²) in [5.41, 5.74) is 5.50. The molecule has 1 heteroatoms. The van der Waals surface area contributed by atoms with E-state index in [1.807, 2.05) is 6.07 Å². The van der Waals surface area contributed by atoms with Crippen LogP contribution in [0.5, 0.6) is 0 Å². The van der Waals surface area contributed by atoms with Crippen LogP contribution in [0.1, 0.15) is 48.9 Å². The Hall–Kier alpha value is -2.15. The topological polar surface area (TPSA) is 23.9 Å². The Labute approximate surface area is 126 Å². The second kappa shape index (κ2) is 5.00. The average Bonchev–Trinajstić information content (AvgIpc) is 2.89. The number of hydrogen-bond acceptors (Lipinski definition) is 1. The van der Waals surface area contributed by atoms with Crippen LogP contribution in [0.15, 0.2) is 54.6 Å². The molecule has 0 aromatic heterocycles. The first-order valence-corrected chi connectivity index (χ1v) is 7.44. The van der Waals surface area contributed by atoms with Crippen molar-refractivity contribution in [1.29, 1.82) is 5.41 Å². The molecule has 21 heavy (non-hydrogen) atoms. The van der Waals surface area contributed by atoms with Gasteiger partial charge in [0.15, 0.2) is 0 Å². The van der Waals surface area contributed by atoms with Crippen molar-refractivity contribution in [3.63, 3.8) is 0 Å². The van der Waals surface area contributed by atoms with Gasteiger partial charge in [0.25, 0.3) is 0 Å². The van der Waals surface area contributed by atoms with Gasteiger partial charge in [0.1, 0.15) is 0 Å². The van der Waals surface area contributed by atoms with Crippen molar-refractivity contribution in [2.75, 3.05) is 0 Å². The molecule has 2 aromatic carbocycles. The predicted molar refractivity (Wildman–Crippen MR) is 90.0 cm³/mol. The fourth-order valence-corrected chi connectivity index (χ4v) is 2.92. The van der Waals surface area contributed by atoms with Crippen molar-refractivity contribution in [2.45, 2.75) is 26.7 Å². The van der Waals surface area contributed by atoms with E-state index in [-0.39, 0.29) is 11.3 Å². The van der Waals surface area contributed by atoms with E-state index in [1.54, 1.807) is 0 Å². The van der Waals surface area contributed by atoms with E-state index in [0.29, 0.717) is 5.71 Å². The van der Waals surface area contributed by atoms with Crippen LogP contribution in [-0.4, -0.2) is 5.71 Å². The van der Waals surface area contributed by atoms with E-state index >= 15 is 0 Å². The highest BCUT2D eigenvalue weighted by atomic mass is 14.5. The van der Waals surface area contributed by atoms with Gasteiger partial charge in [-0.3, -0.25) is 0 Å². The molecule has 3 rings (SSSR count). The molecule has 106 valence electrons. The lowest BCUT2D eigenvalue weighted by Crippen LogP contribution is -2.22. The molecule has 1 atom stereocenters. The summed E-state index contributed by atoms with van der Waals surface area (Å²) in [5, 5.41) is 8.55. The maximum absolute atomic E-state index is 8.55. The van der Waals surface area contributed by atoms with Crippen LogP contribution < -0.4 is 0 Å². The monoisotopic (exact) mass is 275 g/mol. The summed E-state index contributed by atoms with van der Waals surface area (Å²) in [6.45, 7) is 6.31. The minimum absolute atomic E-state index is 0.141. The molecule has 1 aliphatic rings. The van der Waals surface area contributed by atoms with Gasteiger partial charge in [-0.05, 0) is 22.3 Å². The summed E-state index contributed by atoms with van der Waals surface area (Å²) in [7, 11) is 0. The third kappa shape index (κ3) is 2.44. The van der Waals surface area contributed by atoms with Crippen molar-refractivity contribution < 1.29 is 0 Å². The van der Waals surface area contributed by atoms with Crippen molar-refractivity contribution in [3.05, 3.63) is 76.9 Å². The quantitative estimate of drug-likeness (QED) is 0.723. The van der Waals surface area contributed by atoms with Crippen LogP contribution in [0.4, 0.5) is 0 Å². The minimum Gasteiger partial charge on any atom is -0.304 e. The molecule has 0 bridgehead atoms. The Morgan fingerprint density at radius 1 is 0.905 bits per heavy atom. The first kappa shape index (κ1) is 13.8. The van der Waals surface area contributed by atoms with Gasteiger partial charge < -0.3 is 5.41 Å². The SMILES string of the molecule is CC(C)(C)C(=N)c1ccccc1C1C=Cc2ccccc21. The van der Waals surface area contributed by atoms with Crippen LogP contribution in [0, 0.1) is 10.8 Å². The van der Waals surface area contributed by atoms with Crippen molar-refractivity contribution in [1.82, 2.24) is 0 Å². The van der Waals surface area contributed by atoms with Crippen LogP contribution >= 0.6 is 0 Å². The average molecular weight is 275 g/mol. The molecule has 0 fully saturated rings. The Morgan fingerprint density at radius 2 is 1.52 bits per heavy atom. The molecule has 2 aromatic rings. The van der Waals surface area contributed by atoms with Crippen LogP contribution in [0.25, 0.3) is 6.08 Å². The Kier molecular flexibility index (Phi) is 3.29. The number of fused-ring (bicyclic) bond motifs is 1. The lowest BCUT2D eigenvalue weighted by molar-refractivity contribution is 0.588. The molecule has 1 aliphatic carbocycles. The molecule has 0 saturated heterocycles. The standard InChI is InChI=1S/C20H21N/c1-20(2,3)19(21)18-11-7-6-10-16(18)17-13-12-14-8-4-5-9-15(14)17/h4-13,17,21H,1-3H3. The molecule has 0 saturated carbocycles. The molecule has 1 N–H and O–H groups in total. The molecule has 0 radical (unpaired) electrons. The maximum Gasteiger partial charge on any atom is 0.0442 e. The molecule has 0 amide bonds. The summed E-state index contributed by atoms with van der Waals surface area (Å²) in [4.78, 5) is 0. The van der Waals surface area contributed by atoms with E-state index in [0.717, 1.165) is 5.56 Å². The number of rotatable bonds is 2. The van der Waals surface area contributed by atoms with Gasteiger partial charge in [-0.1, -0.05) is 81.5 Å². The fourth-order valence-electron chi connectivity index (χ4n) is 2.92. The smallest absolute Gasteiger partial charge is 0.0442 e. The molecular weight excluding hydrogens is 254 g/mol. The first-order chi connectivity index (χ1) is 9.98. The lowest BCUT2D eigenvalue weighted by Gasteiger charge is -2.24. The Morgan fingerprint density at radius 3 is 2.24 bits per heavy atom. The Balaban J connectivity index is 2.10. The predicted octanol–water partition coefficient (Wildman–Crippen LogP) is 5.26. The zero-order chi connectivity index (χ0) is 15.0. The third-order valence-corrected chi connectivity index (χ3v) is 4.11. The highest BCUT2D eigenvalue weighted by Gasteiger charge is 2.26. The van der Waals surface area contributed by atoms with Crippen LogP contribution in [0.3, 0.4) is 0 Å². The van der Waals surface area contributed by atoms with Gasteiger partial charge in [-0.25, -0.2) is 0 Å². The van der Waals surface area contributed by atoms with Crippen molar-refractivity contribution in [3.8, 4) is 0 Å². The van der Waals surface area contributed by atoms with Crippen molar-refractivity contribution in [2.24, 2.45) is 5.41 Å². The molecule has 1 unspecified atom stereocenters. The Bertz CT molecular complexity index is 717. The zero-order valence-electron chi connectivity index (χ0n) is 12.9. The van der Waals surface area contributed by atoms with E-state index in [9.17, 15) is 0 Å². The van der Waals surface area contributed by atoms with E-state index < -0.39 is 0 Å². The van der Waals surface area contributed by atoms with Gasteiger partial charge in [0, 0.05) is 17.0 Å². The summed E-state index contributed by atoms with van der Waals surface area (Å²) < 4.78 is 0. The van der Waals surface area contributed by atoms with Gasteiger partial charge in [0.05, 0.1) is 0 Å². The summed E-state index contributed by atoms with van der Waals surface area (Å²) >= 11 is 0. The highest BCUT2D eigenvalue weighted by molar-refractivity contribution is 6.03. The van der Waals surface area contributed by atoms with Crippen molar-refractivity contribution >= 4 is 11.8 Å². The summed E-state index contributed by atoms with van der Waals surface area (Å²) in [5.74, 6) is 0.264. The van der Waals surface area contributed by atoms with Crippen LogP contribution in [0.2, 0.25) is 0 Å². The third-order valence-electron chi connectivity index (χ3n) is 4.11. The van der Waals surface area contributed by atoms with Gasteiger partial charge in [-0.15, -0.1) is 0 Å². The normalized spacial score (nSPS) is 16.8. The molecular formula is C20H21N. The maximum atomic E-state index is 8.55. The second-order valence-corrected chi connectivity index (χ2v) is 6.68. The second-order valence-electron chi connectivity index (χ2n) is 6.68. The number of benzene rings is 2. The summed E-state index contributed by atoms with van der Waals surface area (Å²) in [6, 6.07) is 16.9. The fraction of sp³-hybridized carbons (Fsp3) is 0.250. The minimum atomic E-state index is -0.141. The zero-order valence-corrected chi connectivity index (χ0v) is 12.9. The van der Waals surface area contributed by atoms with E-state index in [2.05, 4.69) is 75.4 Å². The molecule has 0 spiro atoms. The number of hydrogen-bond donors (Lipinski definition) is 1. The molecule has 1 nitrogen and oxygen atoms in total. The molecule has 0 aliphatic heterocycles. The van der Waals surface area contributed by atoms with Gasteiger partial charge in [-0.2, -0.15) is 0 Å². The summed E-state index contributed by atoms with van der Waals surface area (Å²) in [6.07, 6.45) is 4.44. The van der Waals surface area contributed by atoms with Gasteiger partial charge in [0.2, 0.25) is 0 Å². The molecule has 0 heterocycles. The first-order valence-electron chi connectivity index (χ1n) is 7.44. The lowest BCUT2D eigenvalue weighted by atomic mass is 9.80. The van der Waals surface area contributed by atoms with E-state index in [4.69, 9.17) is 5.41 Å². The number of nitrogens with one attached hydrogen (secondary N) is 1. The number of allylic oxidation sites excluding steroid dienone is 1. The largest absolute Gasteiger partial charge is 0.304 e. The van der Waals surface area contributed by atoms with Crippen LogP contribution in [-0.2, 0) is 0 Å². The van der Waals surface area contributed by atoms with E-state index in [1.165, 1.54) is 16.7 Å².